The molecule has 3 N–H and O–H groups in total. The Bertz CT molecular complexity index is 1060. The first kappa shape index (κ1) is 17.8. The summed E-state index contributed by atoms with van der Waals surface area (Å²) in [6.45, 7) is 3.59. The molecule has 0 radical (unpaired) electrons. The third-order valence-electron chi connectivity index (χ3n) is 3.96. The number of primary sulfonamides is 1. The number of carbonyl (C=O) groups is 1. The molecule has 0 fully saturated rings. The predicted octanol–water partition coefficient (Wildman–Crippen LogP) is 2.39. The number of aryl methyl sites for hydroxylation is 1. The van der Waals surface area contributed by atoms with Gasteiger partial charge in [0.2, 0.25) is 10.0 Å². The lowest BCUT2D eigenvalue weighted by molar-refractivity contribution is 0.102. The summed E-state index contributed by atoms with van der Waals surface area (Å²) in [6, 6.07) is 15.2. The maximum atomic E-state index is 12.7. The van der Waals surface area contributed by atoms with Crippen LogP contribution in [0.15, 0.2) is 59.5 Å². The topological polar surface area (TPSA) is 107 Å². The van der Waals surface area contributed by atoms with Crippen LogP contribution in [0, 0.1) is 13.8 Å². The average molecular weight is 370 g/mol. The number of anilines is 1. The summed E-state index contributed by atoms with van der Waals surface area (Å²) < 4.78 is 24.3. The second-order valence-electron chi connectivity index (χ2n) is 5.82. The minimum absolute atomic E-state index is 0.0141. The van der Waals surface area contributed by atoms with Crippen molar-refractivity contribution in [1.82, 2.24) is 9.78 Å². The third kappa shape index (κ3) is 3.51. The number of benzene rings is 2. The van der Waals surface area contributed by atoms with Gasteiger partial charge in [-0.25, -0.2) is 18.2 Å². The zero-order valence-electron chi connectivity index (χ0n) is 14.3. The lowest BCUT2D eigenvalue weighted by Crippen LogP contribution is -2.15. The van der Waals surface area contributed by atoms with E-state index < -0.39 is 10.0 Å². The van der Waals surface area contributed by atoms with Gasteiger partial charge in [-0.3, -0.25) is 4.79 Å². The van der Waals surface area contributed by atoms with Crippen molar-refractivity contribution in [2.24, 2.45) is 5.14 Å². The Morgan fingerprint density at radius 2 is 1.65 bits per heavy atom. The minimum atomic E-state index is -3.77. The number of para-hydroxylation sites is 1. The van der Waals surface area contributed by atoms with Crippen molar-refractivity contribution < 1.29 is 13.2 Å². The Kier molecular flexibility index (Phi) is 4.62. The fourth-order valence-corrected chi connectivity index (χ4v) is 3.23. The van der Waals surface area contributed by atoms with Crippen molar-refractivity contribution >= 4 is 21.6 Å². The summed E-state index contributed by atoms with van der Waals surface area (Å²) in [5.41, 5.74) is 3.13. The van der Waals surface area contributed by atoms with E-state index in [4.69, 9.17) is 5.14 Å². The first-order valence-electron chi connectivity index (χ1n) is 7.83. The van der Waals surface area contributed by atoms with Gasteiger partial charge in [0.05, 0.1) is 27.5 Å². The minimum Gasteiger partial charge on any atom is -0.322 e. The summed E-state index contributed by atoms with van der Waals surface area (Å²) in [5, 5.41) is 12.3. The lowest BCUT2D eigenvalue weighted by atomic mass is 10.1. The zero-order valence-corrected chi connectivity index (χ0v) is 15.1. The SMILES string of the molecule is Cc1nn(-c2ccccc2)c(C)c1C(=O)Nc1ccc(S(N)(=O)=O)cc1. The van der Waals surface area contributed by atoms with Gasteiger partial charge >= 0.3 is 0 Å². The van der Waals surface area contributed by atoms with E-state index in [1.54, 1.807) is 11.6 Å². The fourth-order valence-electron chi connectivity index (χ4n) is 2.71. The maximum Gasteiger partial charge on any atom is 0.259 e. The Labute approximate surface area is 151 Å². The number of nitrogens with two attached hydrogens (primary N) is 1. The van der Waals surface area contributed by atoms with E-state index >= 15 is 0 Å². The molecule has 0 aliphatic carbocycles. The normalized spacial score (nSPS) is 11.3. The number of hydrogen-bond donors (Lipinski definition) is 2. The van der Waals surface area contributed by atoms with Crippen molar-refractivity contribution in [1.29, 1.82) is 0 Å². The summed E-state index contributed by atoms with van der Waals surface area (Å²) in [4.78, 5) is 12.7. The van der Waals surface area contributed by atoms with Gasteiger partial charge in [0.1, 0.15) is 0 Å². The van der Waals surface area contributed by atoms with E-state index in [2.05, 4.69) is 10.4 Å². The van der Waals surface area contributed by atoms with Crippen LogP contribution in [0.1, 0.15) is 21.7 Å². The van der Waals surface area contributed by atoms with Crippen LogP contribution in [0.2, 0.25) is 0 Å². The molecular weight excluding hydrogens is 352 g/mol. The van der Waals surface area contributed by atoms with E-state index in [9.17, 15) is 13.2 Å². The van der Waals surface area contributed by atoms with E-state index in [-0.39, 0.29) is 10.8 Å². The molecular formula is C18H18N4O3S. The maximum absolute atomic E-state index is 12.7. The monoisotopic (exact) mass is 370 g/mol. The largest absolute Gasteiger partial charge is 0.322 e. The first-order valence-corrected chi connectivity index (χ1v) is 9.38. The highest BCUT2D eigenvalue weighted by molar-refractivity contribution is 7.89. The van der Waals surface area contributed by atoms with Crippen LogP contribution in [0.25, 0.3) is 5.69 Å². The summed E-state index contributed by atoms with van der Waals surface area (Å²) >= 11 is 0. The molecule has 0 atom stereocenters. The molecule has 0 bridgehead atoms. The second-order valence-corrected chi connectivity index (χ2v) is 7.38. The zero-order chi connectivity index (χ0) is 18.9. The molecule has 134 valence electrons. The Morgan fingerprint density at radius 1 is 1.04 bits per heavy atom. The molecule has 0 unspecified atom stereocenters. The third-order valence-corrected chi connectivity index (χ3v) is 4.89. The standard InChI is InChI=1S/C18H18N4O3S/c1-12-17(13(2)22(21-12)15-6-4-3-5-7-15)18(23)20-14-8-10-16(11-9-14)26(19,24)25/h3-11H,1-2H3,(H,20,23)(H2,19,24,25). The van der Waals surface area contributed by atoms with Crippen molar-refractivity contribution in [3.05, 3.63) is 71.5 Å². The Balaban J connectivity index is 1.88. The number of sulfonamides is 1. The molecule has 0 saturated heterocycles. The number of nitrogens with one attached hydrogen (secondary N) is 1. The van der Waals surface area contributed by atoms with Gasteiger partial charge in [-0.2, -0.15) is 5.10 Å². The molecule has 0 saturated carbocycles. The predicted molar refractivity (Wildman–Crippen MR) is 98.8 cm³/mol. The highest BCUT2D eigenvalue weighted by Crippen LogP contribution is 2.20. The van der Waals surface area contributed by atoms with E-state index in [0.717, 1.165) is 5.69 Å². The smallest absolute Gasteiger partial charge is 0.259 e. The number of nitrogens with zero attached hydrogens (tertiary/aromatic N) is 2. The molecule has 7 nitrogen and oxygen atoms in total. The Morgan fingerprint density at radius 3 is 2.23 bits per heavy atom. The van der Waals surface area contributed by atoms with Crippen LogP contribution in [0.5, 0.6) is 0 Å². The number of rotatable bonds is 4. The summed E-state index contributed by atoms with van der Waals surface area (Å²) in [6.07, 6.45) is 0. The highest BCUT2D eigenvalue weighted by atomic mass is 32.2. The molecule has 0 spiro atoms. The average Bonchev–Trinajstić information content (AvgIpc) is 2.90. The lowest BCUT2D eigenvalue weighted by Gasteiger charge is -2.07. The molecule has 1 aromatic heterocycles. The number of amides is 1. The van der Waals surface area contributed by atoms with Gasteiger partial charge in [0, 0.05) is 5.69 Å². The summed E-state index contributed by atoms with van der Waals surface area (Å²) in [5.74, 6) is -0.314. The molecule has 1 amide bonds. The quantitative estimate of drug-likeness (QED) is 0.735. The summed E-state index contributed by atoms with van der Waals surface area (Å²) in [7, 11) is -3.77. The van der Waals surface area contributed by atoms with Crippen LogP contribution < -0.4 is 10.5 Å². The van der Waals surface area contributed by atoms with Crippen LogP contribution in [0.4, 0.5) is 5.69 Å². The van der Waals surface area contributed by atoms with E-state index in [1.165, 1.54) is 24.3 Å². The van der Waals surface area contributed by atoms with Crippen molar-refractivity contribution in [2.45, 2.75) is 18.7 Å². The van der Waals surface area contributed by atoms with Gasteiger partial charge in [-0.1, -0.05) is 18.2 Å². The fraction of sp³-hybridized carbons (Fsp3) is 0.111. The van der Waals surface area contributed by atoms with Crippen LogP contribution >= 0.6 is 0 Å². The van der Waals surface area contributed by atoms with Crippen molar-refractivity contribution in [2.75, 3.05) is 5.32 Å². The highest BCUT2D eigenvalue weighted by Gasteiger charge is 2.19. The van der Waals surface area contributed by atoms with Gasteiger partial charge in [0.25, 0.3) is 5.91 Å². The first-order chi connectivity index (χ1) is 12.3. The Hall–Kier alpha value is -2.97. The van der Waals surface area contributed by atoms with Crippen molar-refractivity contribution in [3.63, 3.8) is 0 Å². The number of carbonyl (C=O) groups excluding carboxylic acids is 1. The molecule has 2 aromatic carbocycles. The van der Waals surface area contributed by atoms with Gasteiger partial charge < -0.3 is 5.32 Å². The van der Waals surface area contributed by atoms with Gasteiger partial charge in [-0.15, -0.1) is 0 Å². The van der Waals surface area contributed by atoms with Crippen LogP contribution in [-0.2, 0) is 10.0 Å². The second kappa shape index (κ2) is 6.74. The van der Waals surface area contributed by atoms with Crippen molar-refractivity contribution in [3.8, 4) is 5.69 Å². The number of hydrogen-bond acceptors (Lipinski definition) is 4. The van der Waals surface area contributed by atoms with E-state index in [1.807, 2.05) is 37.3 Å². The van der Waals surface area contributed by atoms with Crippen LogP contribution in [0.3, 0.4) is 0 Å². The molecule has 0 aliphatic rings. The van der Waals surface area contributed by atoms with Gasteiger partial charge in [-0.05, 0) is 50.2 Å². The molecule has 3 aromatic rings. The molecule has 0 aliphatic heterocycles. The van der Waals surface area contributed by atoms with Crippen LogP contribution in [-0.4, -0.2) is 24.1 Å². The molecule has 26 heavy (non-hydrogen) atoms. The molecule has 1 heterocycles. The van der Waals surface area contributed by atoms with E-state index in [0.29, 0.717) is 22.6 Å². The van der Waals surface area contributed by atoms with Gasteiger partial charge in [0.15, 0.2) is 0 Å². The number of aromatic nitrogens is 2. The molecule has 3 rings (SSSR count). The molecule has 8 heteroatoms.